The van der Waals surface area contributed by atoms with Crippen LogP contribution in [0.2, 0.25) is 0 Å². The van der Waals surface area contributed by atoms with Gasteiger partial charge >= 0.3 is 6.09 Å². The summed E-state index contributed by atoms with van der Waals surface area (Å²) in [5, 5.41) is 0. The first-order valence-electron chi connectivity index (χ1n) is 8.80. The van der Waals surface area contributed by atoms with E-state index in [-0.39, 0.29) is 11.8 Å². The first-order valence-corrected chi connectivity index (χ1v) is 8.80. The van der Waals surface area contributed by atoms with E-state index in [1.807, 2.05) is 30.3 Å². The van der Waals surface area contributed by atoms with E-state index in [0.29, 0.717) is 24.0 Å². The van der Waals surface area contributed by atoms with Gasteiger partial charge in [-0.3, -0.25) is 14.5 Å². The van der Waals surface area contributed by atoms with Crippen molar-refractivity contribution in [1.82, 2.24) is 4.90 Å². The van der Waals surface area contributed by atoms with Crippen molar-refractivity contribution in [3.8, 4) is 0 Å². The van der Waals surface area contributed by atoms with E-state index in [0.717, 1.165) is 5.56 Å². The minimum absolute atomic E-state index is 0.307. The maximum Gasteiger partial charge on any atom is 0.405 e. The molecule has 6 nitrogen and oxygen atoms in total. The van der Waals surface area contributed by atoms with Gasteiger partial charge in [0.25, 0.3) is 11.8 Å². The molecule has 2 N–H and O–H groups in total. The largest absolute Gasteiger partial charge is 0.444 e. The molecule has 0 fully saturated rings. The Morgan fingerprint density at radius 3 is 2.04 bits per heavy atom. The van der Waals surface area contributed by atoms with Crippen LogP contribution in [-0.4, -0.2) is 28.4 Å². The summed E-state index contributed by atoms with van der Waals surface area (Å²) in [5.41, 5.74) is 6.01. The number of benzene rings is 2. The molecular formula is C21H22N2O4. The number of carbonyl (C=O) groups is 3. The average Bonchev–Trinajstić information content (AvgIpc) is 2.87. The SMILES string of the molecule is CC(C)(CCC(c1ccccc1)N1C(=O)c2ccccc2C1=O)OC(N)=O. The molecule has 1 heterocycles. The van der Waals surface area contributed by atoms with Crippen molar-refractivity contribution in [1.29, 1.82) is 0 Å². The van der Waals surface area contributed by atoms with Gasteiger partial charge in [-0.25, -0.2) is 4.79 Å². The topological polar surface area (TPSA) is 89.7 Å². The number of nitrogens with zero attached hydrogens (tertiary/aromatic N) is 1. The molecule has 0 bridgehead atoms. The number of nitrogens with two attached hydrogens (primary N) is 1. The van der Waals surface area contributed by atoms with Gasteiger partial charge in [0, 0.05) is 0 Å². The van der Waals surface area contributed by atoms with Gasteiger partial charge in [0.2, 0.25) is 0 Å². The monoisotopic (exact) mass is 366 g/mol. The second kappa shape index (κ2) is 7.23. The van der Waals surface area contributed by atoms with E-state index < -0.39 is 17.7 Å². The second-order valence-electron chi connectivity index (χ2n) is 7.17. The Balaban J connectivity index is 1.91. The normalized spacial score (nSPS) is 14.8. The van der Waals surface area contributed by atoms with Crippen LogP contribution >= 0.6 is 0 Å². The van der Waals surface area contributed by atoms with Crippen LogP contribution in [-0.2, 0) is 4.74 Å². The molecule has 2 aromatic rings. The number of hydrogen-bond donors (Lipinski definition) is 1. The van der Waals surface area contributed by atoms with E-state index in [1.54, 1.807) is 38.1 Å². The number of imide groups is 1. The molecule has 0 spiro atoms. The molecule has 0 radical (unpaired) electrons. The van der Waals surface area contributed by atoms with Crippen LogP contribution in [0.15, 0.2) is 54.6 Å². The van der Waals surface area contributed by atoms with Gasteiger partial charge in [-0.05, 0) is 44.4 Å². The molecule has 6 heteroatoms. The standard InChI is InChI=1S/C21H22N2O4/c1-21(2,27-20(22)26)13-12-17(14-8-4-3-5-9-14)23-18(24)15-10-6-7-11-16(15)19(23)25/h3-11,17H,12-13H2,1-2H3,(H2,22,26). The van der Waals surface area contributed by atoms with E-state index >= 15 is 0 Å². The minimum atomic E-state index is -0.850. The molecule has 27 heavy (non-hydrogen) atoms. The van der Waals surface area contributed by atoms with Crippen molar-refractivity contribution < 1.29 is 19.1 Å². The van der Waals surface area contributed by atoms with Crippen LogP contribution in [0.3, 0.4) is 0 Å². The Morgan fingerprint density at radius 2 is 1.52 bits per heavy atom. The van der Waals surface area contributed by atoms with Crippen molar-refractivity contribution in [2.45, 2.75) is 38.3 Å². The number of carbonyl (C=O) groups excluding carboxylic acids is 3. The fourth-order valence-electron chi connectivity index (χ4n) is 3.42. The molecule has 0 saturated heterocycles. The summed E-state index contributed by atoms with van der Waals surface area (Å²) in [4.78, 5) is 38.3. The van der Waals surface area contributed by atoms with E-state index in [4.69, 9.17) is 10.5 Å². The summed E-state index contributed by atoms with van der Waals surface area (Å²) in [5.74, 6) is -0.615. The summed E-state index contributed by atoms with van der Waals surface area (Å²) in [7, 11) is 0. The van der Waals surface area contributed by atoms with Gasteiger partial charge in [-0.1, -0.05) is 42.5 Å². The highest BCUT2D eigenvalue weighted by molar-refractivity contribution is 6.21. The molecule has 1 unspecified atom stereocenters. The Labute approximate surface area is 157 Å². The highest BCUT2D eigenvalue weighted by Gasteiger charge is 2.40. The predicted molar refractivity (Wildman–Crippen MR) is 100 cm³/mol. The lowest BCUT2D eigenvalue weighted by molar-refractivity contribution is 0.0281. The molecule has 0 aromatic heterocycles. The highest BCUT2D eigenvalue weighted by atomic mass is 16.6. The number of rotatable bonds is 6. The predicted octanol–water partition coefficient (Wildman–Crippen LogP) is 3.68. The van der Waals surface area contributed by atoms with Crippen molar-refractivity contribution >= 4 is 17.9 Å². The summed E-state index contributed by atoms with van der Waals surface area (Å²) >= 11 is 0. The molecule has 2 aromatic carbocycles. The Hall–Kier alpha value is -3.15. The summed E-state index contributed by atoms with van der Waals surface area (Å²) in [6.45, 7) is 3.50. The summed E-state index contributed by atoms with van der Waals surface area (Å²) in [6.07, 6.45) is 0.0237. The zero-order valence-electron chi connectivity index (χ0n) is 15.3. The molecule has 0 saturated carbocycles. The first-order chi connectivity index (χ1) is 12.8. The number of hydrogen-bond acceptors (Lipinski definition) is 4. The Morgan fingerprint density at radius 1 is 1.00 bits per heavy atom. The van der Waals surface area contributed by atoms with Crippen molar-refractivity contribution in [3.05, 3.63) is 71.3 Å². The minimum Gasteiger partial charge on any atom is -0.444 e. The molecule has 1 atom stereocenters. The fraction of sp³-hybridized carbons (Fsp3) is 0.286. The van der Waals surface area contributed by atoms with Crippen LogP contribution in [0.5, 0.6) is 0 Å². The van der Waals surface area contributed by atoms with E-state index in [9.17, 15) is 14.4 Å². The number of amides is 3. The van der Waals surface area contributed by atoms with Gasteiger partial charge in [0.05, 0.1) is 17.2 Å². The Kier molecular flexibility index (Phi) is 4.99. The summed E-state index contributed by atoms with van der Waals surface area (Å²) in [6, 6.07) is 15.7. The Bertz CT molecular complexity index is 842. The highest BCUT2D eigenvalue weighted by Crippen LogP contribution is 2.35. The van der Waals surface area contributed by atoms with Crippen LogP contribution < -0.4 is 5.73 Å². The van der Waals surface area contributed by atoms with E-state index in [2.05, 4.69) is 0 Å². The van der Waals surface area contributed by atoms with Crippen molar-refractivity contribution in [3.63, 3.8) is 0 Å². The molecule has 0 aliphatic carbocycles. The molecule has 1 aliphatic heterocycles. The zero-order valence-corrected chi connectivity index (χ0v) is 15.3. The van der Waals surface area contributed by atoms with Gasteiger partial charge in [0.1, 0.15) is 5.60 Å². The number of fused-ring (bicyclic) bond motifs is 1. The molecular weight excluding hydrogens is 344 g/mol. The zero-order chi connectivity index (χ0) is 19.6. The van der Waals surface area contributed by atoms with Crippen molar-refractivity contribution in [2.24, 2.45) is 5.73 Å². The second-order valence-corrected chi connectivity index (χ2v) is 7.17. The first kappa shape index (κ1) is 18.6. The van der Waals surface area contributed by atoms with Crippen molar-refractivity contribution in [2.75, 3.05) is 0 Å². The third-order valence-electron chi connectivity index (χ3n) is 4.72. The lowest BCUT2D eigenvalue weighted by Gasteiger charge is -2.30. The van der Waals surface area contributed by atoms with Gasteiger partial charge < -0.3 is 10.5 Å². The van der Waals surface area contributed by atoms with Gasteiger partial charge in [0.15, 0.2) is 0 Å². The maximum absolute atomic E-state index is 12.9. The molecule has 1 aliphatic rings. The van der Waals surface area contributed by atoms with E-state index in [1.165, 1.54) is 4.90 Å². The smallest absolute Gasteiger partial charge is 0.405 e. The number of ether oxygens (including phenoxy) is 1. The average molecular weight is 366 g/mol. The van der Waals surface area contributed by atoms with Crippen LogP contribution in [0.1, 0.15) is 59.0 Å². The van der Waals surface area contributed by atoms with Crippen LogP contribution in [0.25, 0.3) is 0 Å². The van der Waals surface area contributed by atoms with Crippen LogP contribution in [0.4, 0.5) is 4.79 Å². The lowest BCUT2D eigenvalue weighted by Crippen LogP contribution is -2.37. The van der Waals surface area contributed by atoms with Gasteiger partial charge in [-0.2, -0.15) is 0 Å². The number of primary amides is 1. The third kappa shape index (κ3) is 3.84. The van der Waals surface area contributed by atoms with Gasteiger partial charge in [-0.15, -0.1) is 0 Å². The lowest BCUT2D eigenvalue weighted by atomic mass is 9.93. The third-order valence-corrected chi connectivity index (χ3v) is 4.72. The maximum atomic E-state index is 12.9. The molecule has 3 amide bonds. The fourth-order valence-corrected chi connectivity index (χ4v) is 3.42. The summed E-state index contributed by atoms with van der Waals surface area (Å²) < 4.78 is 5.15. The quantitative estimate of drug-likeness (QED) is 0.790. The molecule has 3 rings (SSSR count). The van der Waals surface area contributed by atoms with Crippen LogP contribution in [0, 0.1) is 0 Å². The molecule has 140 valence electrons.